The fourth-order valence-corrected chi connectivity index (χ4v) is 3.12. The average Bonchev–Trinajstić information content (AvgIpc) is 3.13. The van der Waals surface area contributed by atoms with Crippen LogP contribution in [0.4, 0.5) is 10.1 Å². The molecule has 0 saturated heterocycles. The van der Waals surface area contributed by atoms with Gasteiger partial charge in [-0.2, -0.15) is 0 Å². The Balaban J connectivity index is 1.94. The fourth-order valence-electron chi connectivity index (χ4n) is 3.12. The third-order valence-corrected chi connectivity index (χ3v) is 4.38. The van der Waals surface area contributed by atoms with Gasteiger partial charge in [0.1, 0.15) is 0 Å². The number of methoxy groups -OCH3 is 1. The van der Waals surface area contributed by atoms with Gasteiger partial charge in [0.2, 0.25) is 0 Å². The molecule has 6 heteroatoms. The van der Waals surface area contributed by atoms with E-state index in [0.29, 0.717) is 30.4 Å². The Labute approximate surface area is 150 Å². The molecule has 0 atom stereocenters. The standard InChI is InChI=1S/C20H18FNO4/c1-26-18-16(22-19(23)14-8-5-9-15(14)20(24)25)11-10-13(17(18)21)12-6-3-2-4-7-12/h2-4,6-7,10-11H,5,8-9H2,1H3,(H,22,23)(H,24,25). The van der Waals surface area contributed by atoms with Gasteiger partial charge in [-0.25, -0.2) is 9.18 Å². The zero-order chi connectivity index (χ0) is 18.7. The van der Waals surface area contributed by atoms with Gasteiger partial charge < -0.3 is 15.2 Å². The van der Waals surface area contributed by atoms with Crippen molar-refractivity contribution in [3.8, 4) is 16.9 Å². The number of ether oxygens (including phenoxy) is 1. The van der Waals surface area contributed by atoms with Crippen LogP contribution in [-0.4, -0.2) is 24.1 Å². The molecule has 0 aromatic heterocycles. The molecule has 2 aromatic carbocycles. The lowest BCUT2D eigenvalue weighted by Crippen LogP contribution is -2.17. The molecule has 3 rings (SSSR count). The molecule has 0 heterocycles. The van der Waals surface area contributed by atoms with Crippen molar-refractivity contribution >= 4 is 17.6 Å². The summed E-state index contributed by atoms with van der Waals surface area (Å²) in [6, 6.07) is 12.1. The summed E-state index contributed by atoms with van der Waals surface area (Å²) in [6.45, 7) is 0. The van der Waals surface area contributed by atoms with Crippen molar-refractivity contribution in [1.29, 1.82) is 0 Å². The third-order valence-electron chi connectivity index (χ3n) is 4.38. The van der Waals surface area contributed by atoms with Crippen molar-refractivity contribution in [2.45, 2.75) is 19.3 Å². The Hall–Kier alpha value is -3.15. The van der Waals surface area contributed by atoms with Crippen LogP contribution in [0, 0.1) is 5.82 Å². The van der Waals surface area contributed by atoms with Crippen molar-refractivity contribution in [1.82, 2.24) is 0 Å². The van der Waals surface area contributed by atoms with E-state index in [0.717, 1.165) is 0 Å². The molecule has 26 heavy (non-hydrogen) atoms. The van der Waals surface area contributed by atoms with E-state index in [1.807, 2.05) is 6.07 Å². The molecule has 0 fully saturated rings. The van der Waals surface area contributed by atoms with E-state index in [2.05, 4.69) is 5.32 Å². The number of hydrogen-bond acceptors (Lipinski definition) is 3. The highest BCUT2D eigenvalue weighted by atomic mass is 19.1. The molecule has 1 amide bonds. The van der Waals surface area contributed by atoms with Crippen molar-refractivity contribution < 1.29 is 23.8 Å². The summed E-state index contributed by atoms with van der Waals surface area (Å²) in [5.41, 5.74) is 1.55. The van der Waals surface area contributed by atoms with Gasteiger partial charge in [0, 0.05) is 16.7 Å². The maximum atomic E-state index is 14.9. The lowest BCUT2D eigenvalue weighted by Gasteiger charge is -2.14. The number of halogens is 1. The number of carboxylic acid groups (broad SMARTS) is 1. The topological polar surface area (TPSA) is 75.6 Å². The molecule has 2 aromatic rings. The summed E-state index contributed by atoms with van der Waals surface area (Å²) in [7, 11) is 1.32. The number of anilines is 1. The number of carbonyl (C=O) groups is 2. The molecule has 0 saturated carbocycles. The predicted octanol–water partition coefficient (Wildman–Crippen LogP) is 4.00. The number of carboxylic acids is 1. The number of benzene rings is 2. The minimum Gasteiger partial charge on any atom is -0.492 e. The normalized spacial score (nSPS) is 13.6. The maximum Gasteiger partial charge on any atom is 0.332 e. The minimum absolute atomic E-state index is 0.0878. The van der Waals surface area contributed by atoms with E-state index >= 15 is 0 Å². The third kappa shape index (κ3) is 3.31. The summed E-state index contributed by atoms with van der Waals surface area (Å²) in [6.07, 6.45) is 1.36. The Morgan fingerprint density at radius 2 is 1.77 bits per heavy atom. The summed E-state index contributed by atoms with van der Waals surface area (Å²) in [5.74, 6) is -2.30. The molecular weight excluding hydrogens is 337 g/mol. The first-order chi connectivity index (χ1) is 12.5. The smallest absolute Gasteiger partial charge is 0.332 e. The van der Waals surface area contributed by atoms with Gasteiger partial charge in [-0.3, -0.25) is 4.79 Å². The first-order valence-electron chi connectivity index (χ1n) is 8.21. The summed E-state index contributed by atoms with van der Waals surface area (Å²) in [5, 5.41) is 11.8. The molecule has 0 aliphatic heterocycles. The molecule has 2 N–H and O–H groups in total. The second kappa shape index (κ2) is 7.39. The molecule has 0 radical (unpaired) electrons. The molecule has 134 valence electrons. The SMILES string of the molecule is COc1c(NC(=O)C2=C(C(=O)O)CCC2)ccc(-c2ccccc2)c1F. The van der Waals surface area contributed by atoms with Gasteiger partial charge in [0.15, 0.2) is 11.6 Å². The zero-order valence-corrected chi connectivity index (χ0v) is 14.2. The van der Waals surface area contributed by atoms with Crippen LogP contribution in [0.3, 0.4) is 0 Å². The minimum atomic E-state index is -1.09. The van der Waals surface area contributed by atoms with E-state index in [-0.39, 0.29) is 22.6 Å². The Bertz CT molecular complexity index is 890. The highest BCUT2D eigenvalue weighted by Crippen LogP contribution is 2.36. The summed E-state index contributed by atoms with van der Waals surface area (Å²) in [4.78, 5) is 23.7. The first kappa shape index (κ1) is 17.7. The van der Waals surface area contributed by atoms with Crippen LogP contribution in [0.5, 0.6) is 5.75 Å². The number of rotatable bonds is 5. The highest BCUT2D eigenvalue weighted by molar-refractivity contribution is 6.09. The fraction of sp³-hybridized carbons (Fsp3) is 0.200. The second-order valence-corrected chi connectivity index (χ2v) is 5.94. The van der Waals surface area contributed by atoms with Crippen LogP contribution in [0.25, 0.3) is 11.1 Å². The van der Waals surface area contributed by atoms with Crippen LogP contribution in [0.1, 0.15) is 19.3 Å². The van der Waals surface area contributed by atoms with E-state index in [1.165, 1.54) is 7.11 Å². The molecular formula is C20H18FNO4. The summed E-state index contributed by atoms with van der Waals surface area (Å²) >= 11 is 0. The van der Waals surface area contributed by atoms with E-state index < -0.39 is 17.7 Å². The molecule has 0 spiro atoms. The van der Waals surface area contributed by atoms with E-state index in [4.69, 9.17) is 4.74 Å². The van der Waals surface area contributed by atoms with Gasteiger partial charge in [-0.15, -0.1) is 0 Å². The number of hydrogen-bond donors (Lipinski definition) is 2. The lowest BCUT2D eigenvalue weighted by atomic mass is 10.0. The largest absolute Gasteiger partial charge is 0.492 e. The van der Waals surface area contributed by atoms with Crippen LogP contribution in [0.15, 0.2) is 53.6 Å². The number of aliphatic carboxylic acids is 1. The number of carbonyl (C=O) groups excluding carboxylic acids is 1. The average molecular weight is 355 g/mol. The van der Waals surface area contributed by atoms with E-state index in [9.17, 15) is 19.1 Å². The molecule has 0 unspecified atom stereocenters. The molecule has 1 aliphatic carbocycles. The summed E-state index contributed by atoms with van der Waals surface area (Å²) < 4.78 is 20.0. The maximum absolute atomic E-state index is 14.9. The van der Waals surface area contributed by atoms with E-state index in [1.54, 1.807) is 36.4 Å². The number of amides is 1. The quantitative estimate of drug-likeness (QED) is 0.850. The monoisotopic (exact) mass is 355 g/mol. The van der Waals surface area contributed by atoms with Gasteiger partial charge >= 0.3 is 5.97 Å². The lowest BCUT2D eigenvalue weighted by molar-refractivity contribution is -0.133. The van der Waals surface area contributed by atoms with Crippen molar-refractivity contribution in [3.05, 3.63) is 59.4 Å². The Morgan fingerprint density at radius 1 is 1.08 bits per heavy atom. The van der Waals surface area contributed by atoms with Crippen LogP contribution >= 0.6 is 0 Å². The van der Waals surface area contributed by atoms with Crippen LogP contribution in [0.2, 0.25) is 0 Å². The second-order valence-electron chi connectivity index (χ2n) is 5.94. The molecule has 5 nitrogen and oxygen atoms in total. The molecule has 1 aliphatic rings. The first-order valence-corrected chi connectivity index (χ1v) is 8.21. The van der Waals surface area contributed by atoms with Crippen LogP contribution < -0.4 is 10.1 Å². The highest BCUT2D eigenvalue weighted by Gasteiger charge is 2.26. The van der Waals surface area contributed by atoms with Gasteiger partial charge in [-0.05, 0) is 37.0 Å². The Kier molecular flexibility index (Phi) is 5.02. The molecule has 0 bridgehead atoms. The van der Waals surface area contributed by atoms with Crippen molar-refractivity contribution in [3.63, 3.8) is 0 Å². The van der Waals surface area contributed by atoms with Crippen molar-refractivity contribution in [2.24, 2.45) is 0 Å². The number of nitrogens with one attached hydrogen (secondary N) is 1. The van der Waals surface area contributed by atoms with Gasteiger partial charge in [0.25, 0.3) is 5.91 Å². The zero-order valence-electron chi connectivity index (χ0n) is 14.2. The van der Waals surface area contributed by atoms with Gasteiger partial charge in [0.05, 0.1) is 12.8 Å². The van der Waals surface area contributed by atoms with Gasteiger partial charge in [-0.1, -0.05) is 30.3 Å². The predicted molar refractivity (Wildman–Crippen MR) is 95.5 cm³/mol. The Morgan fingerprint density at radius 3 is 2.42 bits per heavy atom. The van der Waals surface area contributed by atoms with Crippen LogP contribution in [-0.2, 0) is 9.59 Å². The van der Waals surface area contributed by atoms with Crippen molar-refractivity contribution in [2.75, 3.05) is 12.4 Å².